The minimum Gasteiger partial charge on any atom is -0.465 e. The van der Waals surface area contributed by atoms with E-state index in [1.54, 1.807) is 6.92 Å². The highest BCUT2D eigenvalue weighted by atomic mass is 16.5. The van der Waals surface area contributed by atoms with Crippen molar-refractivity contribution in [1.29, 1.82) is 0 Å². The minimum atomic E-state index is -0.504. The molecular formula is C12H24N2O3. The molecule has 17 heavy (non-hydrogen) atoms. The smallest absolute Gasteiger partial charge is 0.323 e. The SMILES string of the molecule is CCCC(NC(C(N)=O)C(C)C)C(=O)OCC. The van der Waals surface area contributed by atoms with Crippen molar-refractivity contribution in [2.24, 2.45) is 11.7 Å². The van der Waals surface area contributed by atoms with Crippen LogP contribution in [0.5, 0.6) is 0 Å². The van der Waals surface area contributed by atoms with Crippen molar-refractivity contribution < 1.29 is 14.3 Å². The number of ether oxygens (including phenoxy) is 1. The lowest BCUT2D eigenvalue weighted by atomic mass is 10.0. The predicted octanol–water partition coefficient (Wildman–Crippen LogP) is 0.818. The monoisotopic (exact) mass is 244 g/mol. The number of rotatable bonds is 8. The second-order valence-corrected chi connectivity index (χ2v) is 4.38. The van der Waals surface area contributed by atoms with E-state index in [1.807, 2.05) is 20.8 Å². The molecule has 0 rings (SSSR count). The van der Waals surface area contributed by atoms with Gasteiger partial charge < -0.3 is 10.5 Å². The molecule has 5 nitrogen and oxygen atoms in total. The first kappa shape index (κ1) is 15.9. The lowest BCUT2D eigenvalue weighted by molar-refractivity contribution is -0.146. The van der Waals surface area contributed by atoms with Gasteiger partial charge in [0, 0.05) is 0 Å². The molecule has 3 N–H and O–H groups in total. The van der Waals surface area contributed by atoms with Crippen LogP contribution in [0.2, 0.25) is 0 Å². The Kier molecular flexibility index (Phi) is 7.54. The fraction of sp³-hybridized carbons (Fsp3) is 0.833. The standard InChI is InChI=1S/C12H24N2O3/c1-5-7-9(12(16)17-6-2)14-10(8(3)4)11(13)15/h8-10,14H,5-7H2,1-4H3,(H2,13,15). The van der Waals surface area contributed by atoms with Crippen molar-refractivity contribution in [3.63, 3.8) is 0 Å². The summed E-state index contributed by atoms with van der Waals surface area (Å²) in [6.45, 7) is 7.84. The minimum absolute atomic E-state index is 0.0429. The van der Waals surface area contributed by atoms with Crippen LogP contribution in [0.15, 0.2) is 0 Å². The van der Waals surface area contributed by atoms with Gasteiger partial charge in [0.25, 0.3) is 0 Å². The molecule has 0 fully saturated rings. The Morgan fingerprint density at radius 2 is 1.88 bits per heavy atom. The number of amides is 1. The molecule has 0 aromatic carbocycles. The van der Waals surface area contributed by atoms with E-state index in [2.05, 4.69) is 5.32 Å². The summed E-state index contributed by atoms with van der Waals surface area (Å²) in [6.07, 6.45) is 1.47. The summed E-state index contributed by atoms with van der Waals surface area (Å²) in [7, 11) is 0. The maximum atomic E-state index is 11.7. The first-order chi connectivity index (χ1) is 7.93. The van der Waals surface area contributed by atoms with Crippen LogP contribution in [-0.4, -0.2) is 30.6 Å². The van der Waals surface area contributed by atoms with Gasteiger partial charge >= 0.3 is 5.97 Å². The van der Waals surface area contributed by atoms with Crippen LogP contribution >= 0.6 is 0 Å². The van der Waals surface area contributed by atoms with Crippen LogP contribution in [0, 0.1) is 5.92 Å². The van der Waals surface area contributed by atoms with Crippen molar-refractivity contribution in [3.8, 4) is 0 Å². The number of hydrogen-bond donors (Lipinski definition) is 2. The van der Waals surface area contributed by atoms with Gasteiger partial charge in [0.15, 0.2) is 0 Å². The molecule has 0 bridgehead atoms. The number of esters is 1. The normalized spacial score (nSPS) is 14.4. The van der Waals surface area contributed by atoms with Gasteiger partial charge in [-0.05, 0) is 19.3 Å². The Morgan fingerprint density at radius 1 is 1.29 bits per heavy atom. The van der Waals surface area contributed by atoms with Crippen molar-refractivity contribution in [2.45, 2.75) is 52.6 Å². The zero-order valence-electron chi connectivity index (χ0n) is 11.2. The van der Waals surface area contributed by atoms with Gasteiger partial charge in [-0.2, -0.15) is 0 Å². The molecule has 2 unspecified atom stereocenters. The second kappa shape index (κ2) is 8.06. The maximum absolute atomic E-state index is 11.7. The van der Waals surface area contributed by atoms with E-state index in [0.29, 0.717) is 13.0 Å². The highest BCUT2D eigenvalue weighted by molar-refractivity contribution is 5.82. The molecule has 2 atom stereocenters. The molecule has 0 spiro atoms. The largest absolute Gasteiger partial charge is 0.465 e. The summed E-state index contributed by atoms with van der Waals surface area (Å²) >= 11 is 0. The highest BCUT2D eigenvalue weighted by Crippen LogP contribution is 2.07. The summed E-state index contributed by atoms with van der Waals surface area (Å²) in [4.78, 5) is 22.9. The first-order valence-corrected chi connectivity index (χ1v) is 6.15. The quantitative estimate of drug-likeness (QED) is 0.619. The molecule has 0 saturated carbocycles. The third-order valence-electron chi connectivity index (χ3n) is 2.50. The molecule has 100 valence electrons. The Morgan fingerprint density at radius 3 is 2.24 bits per heavy atom. The summed E-state index contributed by atoms with van der Waals surface area (Å²) in [5, 5.41) is 2.99. The summed E-state index contributed by atoms with van der Waals surface area (Å²) in [5.74, 6) is -0.715. The van der Waals surface area contributed by atoms with Crippen LogP contribution in [0.25, 0.3) is 0 Å². The fourth-order valence-electron chi connectivity index (χ4n) is 1.62. The third kappa shape index (κ3) is 5.68. The molecular weight excluding hydrogens is 220 g/mol. The van der Waals surface area contributed by atoms with Crippen molar-refractivity contribution in [1.82, 2.24) is 5.32 Å². The number of carbonyl (C=O) groups is 2. The van der Waals surface area contributed by atoms with Crippen LogP contribution in [-0.2, 0) is 14.3 Å². The molecule has 1 amide bonds. The topological polar surface area (TPSA) is 81.4 Å². The van der Waals surface area contributed by atoms with Gasteiger partial charge in [-0.15, -0.1) is 0 Å². The summed E-state index contributed by atoms with van der Waals surface area (Å²) in [5.41, 5.74) is 5.30. The van der Waals surface area contributed by atoms with Crippen LogP contribution in [0.1, 0.15) is 40.5 Å². The lowest BCUT2D eigenvalue weighted by Crippen LogP contribution is -2.52. The fourth-order valence-corrected chi connectivity index (χ4v) is 1.62. The van der Waals surface area contributed by atoms with Crippen molar-refractivity contribution in [3.05, 3.63) is 0 Å². The molecule has 0 aliphatic rings. The second-order valence-electron chi connectivity index (χ2n) is 4.38. The predicted molar refractivity (Wildman–Crippen MR) is 66.3 cm³/mol. The molecule has 5 heteroatoms. The van der Waals surface area contributed by atoms with E-state index in [1.165, 1.54) is 0 Å². The first-order valence-electron chi connectivity index (χ1n) is 6.15. The van der Waals surface area contributed by atoms with E-state index < -0.39 is 18.0 Å². The Balaban J connectivity index is 4.60. The van der Waals surface area contributed by atoms with Crippen molar-refractivity contribution in [2.75, 3.05) is 6.61 Å². The Labute approximate surface area is 103 Å². The molecule has 0 aromatic heterocycles. The lowest BCUT2D eigenvalue weighted by Gasteiger charge is -2.24. The summed E-state index contributed by atoms with van der Waals surface area (Å²) < 4.78 is 4.96. The van der Waals surface area contributed by atoms with Gasteiger partial charge in [0.2, 0.25) is 5.91 Å². The molecule has 0 aromatic rings. The molecule has 0 heterocycles. The van der Waals surface area contributed by atoms with Gasteiger partial charge in [0.05, 0.1) is 12.6 Å². The van der Waals surface area contributed by atoms with Gasteiger partial charge in [-0.1, -0.05) is 27.2 Å². The molecule has 0 saturated heterocycles. The van der Waals surface area contributed by atoms with E-state index in [4.69, 9.17) is 10.5 Å². The number of nitrogens with two attached hydrogens (primary N) is 1. The molecule has 0 aliphatic heterocycles. The average Bonchev–Trinajstić information content (AvgIpc) is 2.23. The maximum Gasteiger partial charge on any atom is 0.323 e. The summed E-state index contributed by atoms with van der Waals surface area (Å²) in [6, 6.07) is -0.962. The van der Waals surface area contributed by atoms with Crippen molar-refractivity contribution >= 4 is 11.9 Å². The highest BCUT2D eigenvalue weighted by Gasteiger charge is 2.27. The van der Waals surface area contributed by atoms with Crippen LogP contribution < -0.4 is 11.1 Å². The molecule has 0 radical (unpaired) electrons. The van der Waals surface area contributed by atoms with E-state index in [-0.39, 0.29) is 11.9 Å². The number of hydrogen-bond acceptors (Lipinski definition) is 4. The van der Waals surface area contributed by atoms with Gasteiger partial charge in [-0.3, -0.25) is 14.9 Å². The number of carbonyl (C=O) groups excluding carboxylic acids is 2. The Hall–Kier alpha value is -1.10. The van der Waals surface area contributed by atoms with Gasteiger partial charge in [0.1, 0.15) is 6.04 Å². The zero-order valence-corrected chi connectivity index (χ0v) is 11.2. The average molecular weight is 244 g/mol. The van der Waals surface area contributed by atoms with Crippen LogP contribution in [0.4, 0.5) is 0 Å². The van der Waals surface area contributed by atoms with E-state index in [9.17, 15) is 9.59 Å². The van der Waals surface area contributed by atoms with E-state index in [0.717, 1.165) is 6.42 Å². The zero-order chi connectivity index (χ0) is 13.4. The molecule has 0 aliphatic carbocycles. The third-order valence-corrected chi connectivity index (χ3v) is 2.50. The Bertz CT molecular complexity index is 254. The number of primary amides is 1. The van der Waals surface area contributed by atoms with E-state index >= 15 is 0 Å². The number of nitrogens with one attached hydrogen (secondary N) is 1. The van der Waals surface area contributed by atoms with Crippen LogP contribution in [0.3, 0.4) is 0 Å². The van der Waals surface area contributed by atoms with Gasteiger partial charge in [-0.25, -0.2) is 0 Å².